The third kappa shape index (κ3) is 24.0. The lowest BCUT2D eigenvalue weighted by Crippen LogP contribution is -2.03. The van der Waals surface area contributed by atoms with Crippen LogP contribution in [0, 0.1) is 0 Å². The third-order valence-electron chi connectivity index (χ3n) is 0.471. The summed E-state index contributed by atoms with van der Waals surface area (Å²) in [5.74, 6) is 0. The second kappa shape index (κ2) is 16.1. The van der Waals surface area contributed by atoms with Crippen molar-refractivity contribution in [3.63, 3.8) is 0 Å². The van der Waals surface area contributed by atoms with Gasteiger partial charge in [0.1, 0.15) is 0 Å². The molecule has 0 aromatic rings. The zero-order chi connectivity index (χ0) is 8.24. The Morgan fingerprint density at radius 3 is 1.60 bits per heavy atom. The standard InChI is InChI=1S/C4H10O3.C2H6S/c5-1-3-7-4-2-6;1-3-2/h5-6H,1-4H2;1-2H3. The molecule has 2 N–H and O–H groups in total. The minimum absolute atomic E-state index is 0.0278. The van der Waals surface area contributed by atoms with Gasteiger partial charge in [0, 0.05) is 0 Å². The molecule has 0 bridgehead atoms. The average molecular weight is 168 g/mol. The Morgan fingerprint density at radius 2 is 1.40 bits per heavy atom. The summed E-state index contributed by atoms with van der Waals surface area (Å²) in [6.07, 6.45) is 4.08. The lowest BCUT2D eigenvalue weighted by Gasteiger charge is -1.94. The lowest BCUT2D eigenvalue weighted by molar-refractivity contribution is 0.0650. The first kappa shape index (κ1) is 12.9. The highest BCUT2D eigenvalue weighted by Gasteiger charge is 1.79. The molecular formula is C6H16O3S. The van der Waals surface area contributed by atoms with E-state index in [1.807, 2.05) is 12.5 Å². The number of thioether (sulfide) groups is 1. The fraction of sp³-hybridized carbons (Fsp3) is 1.00. The summed E-state index contributed by atoms with van der Waals surface area (Å²) >= 11 is 1.75. The summed E-state index contributed by atoms with van der Waals surface area (Å²) in [5.41, 5.74) is 0. The highest BCUT2D eigenvalue weighted by molar-refractivity contribution is 7.97. The maximum absolute atomic E-state index is 8.09. The van der Waals surface area contributed by atoms with Gasteiger partial charge in [0.15, 0.2) is 0 Å². The molecule has 0 heterocycles. The molecule has 10 heavy (non-hydrogen) atoms. The van der Waals surface area contributed by atoms with Crippen molar-refractivity contribution in [2.45, 2.75) is 0 Å². The molecule has 0 saturated carbocycles. The van der Waals surface area contributed by atoms with E-state index in [0.29, 0.717) is 13.2 Å². The van der Waals surface area contributed by atoms with E-state index in [9.17, 15) is 0 Å². The van der Waals surface area contributed by atoms with Crippen molar-refractivity contribution in [1.82, 2.24) is 0 Å². The lowest BCUT2D eigenvalue weighted by atomic mass is 10.7. The monoisotopic (exact) mass is 168 g/mol. The van der Waals surface area contributed by atoms with Gasteiger partial charge in [-0.2, -0.15) is 11.8 Å². The Labute approximate surface area is 66.4 Å². The van der Waals surface area contributed by atoms with Gasteiger partial charge in [-0.3, -0.25) is 0 Å². The van der Waals surface area contributed by atoms with Crippen molar-refractivity contribution in [2.24, 2.45) is 0 Å². The summed E-state index contributed by atoms with van der Waals surface area (Å²) in [6.45, 7) is 0.696. The Kier molecular flexibility index (Phi) is 20.7. The highest BCUT2D eigenvalue weighted by Crippen LogP contribution is 1.70. The fourth-order valence-corrected chi connectivity index (χ4v) is 0.231. The van der Waals surface area contributed by atoms with Crippen LogP contribution in [0.25, 0.3) is 0 Å². The molecule has 4 heteroatoms. The summed E-state index contributed by atoms with van der Waals surface area (Å²) in [6, 6.07) is 0. The van der Waals surface area contributed by atoms with Crippen LogP contribution in [0.3, 0.4) is 0 Å². The van der Waals surface area contributed by atoms with Crippen LogP contribution in [-0.2, 0) is 4.74 Å². The van der Waals surface area contributed by atoms with E-state index < -0.39 is 0 Å². The molecule has 0 rings (SSSR count). The van der Waals surface area contributed by atoms with E-state index in [4.69, 9.17) is 10.2 Å². The molecule has 3 nitrogen and oxygen atoms in total. The van der Waals surface area contributed by atoms with Gasteiger partial charge in [0.05, 0.1) is 26.4 Å². The summed E-state index contributed by atoms with van der Waals surface area (Å²) in [5, 5.41) is 16.2. The minimum Gasteiger partial charge on any atom is -0.394 e. The molecule has 0 aliphatic heterocycles. The highest BCUT2D eigenvalue weighted by atomic mass is 32.2. The van der Waals surface area contributed by atoms with Gasteiger partial charge in [-0.05, 0) is 12.5 Å². The van der Waals surface area contributed by atoms with E-state index in [0.717, 1.165) is 0 Å². The maximum Gasteiger partial charge on any atom is 0.0698 e. The van der Waals surface area contributed by atoms with E-state index in [1.54, 1.807) is 11.8 Å². The van der Waals surface area contributed by atoms with Gasteiger partial charge in [-0.15, -0.1) is 0 Å². The largest absolute Gasteiger partial charge is 0.394 e. The topological polar surface area (TPSA) is 49.7 Å². The Bertz CT molecular complexity index is 40.0. The van der Waals surface area contributed by atoms with Gasteiger partial charge in [0.25, 0.3) is 0 Å². The van der Waals surface area contributed by atoms with Gasteiger partial charge < -0.3 is 14.9 Å². The van der Waals surface area contributed by atoms with Crippen LogP contribution in [0.5, 0.6) is 0 Å². The minimum atomic E-state index is 0.0278. The molecule has 0 saturated heterocycles. The Balaban J connectivity index is 0. The molecule has 0 unspecified atom stereocenters. The number of hydrogen-bond donors (Lipinski definition) is 2. The zero-order valence-corrected chi connectivity index (χ0v) is 7.36. The molecule has 0 spiro atoms. The summed E-state index contributed by atoms with van der Waals surface area (Å²) < 4.78 is 4.63. The van der Waals surface area contributed by atoms with E-state index in [1.165, 1.54) is 0 Å². The molecule has 0 fully saturated rings. The van der Waals surface area contributed by atoms with Gasteiger partial charge in [-0.1, -0.05) is 0 Å². The quantitative estimate of drug-likeness (QED) is 0.579. The first-order chi connectivity index (χ1) is 4.83. The Morgan fingerprint density at radius 1 is 1.10 bits per heavy atom. The fourth-order valence-electron chi connectivity index (χ4n) is 0.231. The van der Waals surface area contributed by atoms with Crippen LogP contribution in [0.15, 0.2) is 0 Å². The number of rotatable bonds is 4. The number of ether oxygens (including phenoxy) is 1. The van der Waals surface area contributed by atoms with Crippen molar-refractivity contribution in [2.75, 3.05) is 38.9 Å². The van der Waals surface area contributed by atoms with Crippen molar-refractivity contribution in [1.29, 1.82) is 0 Å². The second-order valence-electron chi connectivity index (χ2n) is 1.47. The molecule has 0 aliphatic carbocycles. The van der Waals surface area contributed by atoms with Crippen LogP contribution in [0.4, 0.5) is 0 Å². The summed E-state index contributed by atoms with van der Waals surface area (Å²) in [4.78, 5) is 0. The first-order valence-corrected chi connectivity index (χ1v) is 4.66. The van der Waals surface area contributed by atoms with Crippen LogP contribution in [-0.4, -0.2) is 49.2 Å². The van der Waals surface area contributed by atoms with Crippen LogP contribution in [0.2, 0.25) is 0 Å². The zero-order valence-electron chi connectivity index (χ0n) is 6.54. The van der Waals surface area contributed by atoms with Crippen molar-refractivity contribution < 1.29 is 14.9 Å². The molecular weight excluding hydrogens is 152 g/mol. The van der Waals surface area contributed by atoms with Crippen molar-refractivity contribution in [3.05, 3.63) is 0 Å². The predicted octanol–water partition coefficient (Wildman–Crippen LogP) is -0.0332. The third-order valence-corrected chi connectivity index (χ3v) is 0.471. The molecule has 0 aliphatic rings. The molecule has 0 aromatic heterocycles. The molecule has 0 atom stereocenters. The Hall–Kier alpha value is 0.230. The maximum atomic E-state index is 8.09. The van der Waals surface area contributed by atoms with Gasteiger partial charge in [-0.25, -0.2) is 0 Å². The van der Waals surface area contributed by atoms with Gasteiger partial charge in [0.2, 0.25) is 0 Å². The SMILES string of the molecule is CSC.OCCOCCO. The molecule has 0 radical (unpaired) electrons. The number of hydrogen-bond acceptors (Lipinski definition) is 4. The molecule has 0 aromatic carbocycles. The molecule has 0 amide bonds. The number of aliphatic hydroxyl groups excluding tert-OH is 2. The van der Waals surface area contributed by atoms with Crippen molar-refractivity contribution >= 4 is 11.8 Å². The van der Waals surface area contributed by atoms with E-state index >= 15 is 0 Å². The van der Waals surface area contributed by atoms with Crippen molar-refractivity contribution in [3.8, 4) is 0 Å². The summed E-state index contributed by atoms with van der Waals surface area (Å²) in [7, 11) is 0. The van der Waals surface area contributed by atoms with Crippen LogP contribution >= 0.6 is 11.8 Å². The van der Waals surface area contributed by atoms with Gasteiger partial charge >= 0.3 is 0 Å². The average Bonchev–Trinajstić information content (AvgIpc) is 1.91. The second-order valence-corrected chi connectivity index (χ2v) is 2.28. The number of aliphatic hydroxyl groups is 2. The predicted molar refractivity (Wildman–Crippen MR) is 44.4 cm³/mol. The van der Waals surface area contributed by atoms with Crippen LogP contribution < -0.4 is 0 Å². The smallest absolute Gasteiger partial charge is 0.0698 e. The normalized spacial score (nSPS) is 8.40. The van der Waals surface area contributed by atoms with Crippen LogP contribution in [0.1, 0.15) is 0 Å². The van der Waals surface area contributed by atoms with E-state index in [2.05, 4.69) is 4.74 Å². The molecule has 64 valence electrons. The van der Waals surface area contributed by atoms with E-state index in [-0.39, 0.29) is 13.2 Å². The first-order valence-electron chi connectivity index (χ1n) is 3.03.